The summed E-state index contributed by atoms with van der Waals surface area (Å²) < 4.78 is 37.0. The normalized spacial score (nSPS) is 14.2. The molecule has 0 spiro atoms. The number of halogens is 3. The quantitative estimate of drug-likeness (QED) is 0.658. The molecule has 0 bridgehead atoms. The highest BCUT2D eigenvalue weighted by atomic mass is 19.4. The number of alkyl halides is 3. The maximum atomic E-state index is 12.3. The van der Waals surface area contributed by atoms with Crippen LogP contribution in [-0.2, 0) is 16.5 Å². The number of primary amides is 1. The van der Waals surface area contributed by atoms with Crippen LogP contribution in [-0.4, -0.2) is 10.8 Å². The molecule has 9 heteroatoms. The molecule has 1 unspecified atom stereocenters. The van der Waals surface area contributed by atoms with Crippen molar-refractivity contribution in [3.05, 3.63) is 45.5 Å². The predicted octanol–water partition coefficient (Wildman–Crippen LogP) is 1.19. The minimum atomic E-state index is -4.63. The number of carbonyl (C=O) groups is 1. The number of nitro groups is 1. The SMILES string of the molecule is N#CC(C(N)=O)(c1ccc(C(F)(F)F)cc1)[N+](=O)[O-]. The summed E-state index contributed by atoms with van der Waals surface area (Å²) in [4.78, 5) is 20.7. The van der Waals surface area contributed by atoms with Crippen molar-refractivity contribution >= 4 is 5.91 Å². The largest absolute Gasteiger partial charge is 0.416 e. The molecule has 1 rings (SSSR count). The first-order chi connectivity index (χ1) is 8.66. The molecule has 2 N–H and O–H groups in total. The van der Waals surface area contributed by atoms with Gasteiger partial charge >= 0.3 is 17.6 Å². The van der Waals surface area contributed by atoms with Crippen molar-refractivity contribution in [3.63, 3.8) is 0 Å². The van der Waals surface area contributed by atoms with Crippen molar-refractivity contribution in [1.29, 1.82) is 5.26 Å². The summed E-state index contributed by atoms with van der Waals surface area (Å²) in [5.41, 5.74) is 0.328. The average molecular weight is 273 g/mol. The molecule has 0 saturated heterocycles. The Bertz CT molecular complexity index is 546. The fourth-order valence-corrected chi connectivity index (χ4v) is 1.40. The van der Waals surface area contributed by atoms with Crippen LogP contribution in [0.1, 0.15) is 11.1 Å². The van der Waals surface area contributed by atoms with Crippen LogP contribution in [0.5, 0.6) is 0 Å². The maximum Gasteiger partial charge on any atom is 0.416 e. The lowest BCUT2D eigenvalue weighted by Crippen LogP contribution is -2.46. The molecule has 0 aromatic heterocycles. The fourth-order valence-electron chi connectivity index (χ4n) is 1.40. The Morgan fingerprint density at radius 1 is 1.26 bits per heavy atom. The number of amides is 1. The molecule has 0 aliphatic heterocycles. The molecule has 1 aromatic rings. The highest BCUT2D eigenvalue weighted by Crippen LogP contribution is 2.31. The van der Waals surface area contributed by atoms with Crippen LogP contribution in [0.2, 0.25) is 0 Å². The first-order valence-electron chi connectivity index (χ1n) is 4.69. The van der Waals surface area contributed by atoms with Gasteiger partial charge in [0.25, 0.3) is 0 Å². The summed E-state index contributed by atoms with van der Waals surface area (Å²) in [6.07, 6.45) is -4.63. The van der Waals surface area contributed by atoms with Gasteiger partial charge in [0, 0.05) is 0 Å². The molecular formula is C10H6F3N3O3. The minimum absolute atomic E-state index is 0.527. The number of carbonyl (C=O) groups excluding carboxylic acids is 1. The Labute approximate surface area is 104 Å². The van der Waals surface area contributed by atoms with Crippen molar-refractivity contribution in [2.75, 3.05) is 0 Å². The highest BCUT2D eigenvalue weighted by Gasteiger charge is 2.52. The number of benzene rings is 1. The molecule has 100 valence electrons. The van der Waals surface area contributed by atoms with Crippen molar-refractivity contribution in [2.24, 2.45) is 5.73 Å². The average Bonchev–Trinajstić information content (AvgIpc) is 2.29. The molecule has 0 saturated carbocycles. The summed E-state index contributed by atoms with van der Waals surface area (Å²) >= 11 is 0. The van der Waals surface area contributed by atoms with Crippen LogP contribution < -0.4 is 5.73 Å². The van der Waals surface area contributed by atoms with E-state index in [1.807, 2.05) is 0 Å². The van der Waals surface area contributed by atoms with Crippen LogP contribution in [0.15, 0.2) is 24.3 Å². The molecule has 1 aromatic carbocycles. The van der Waals surface area contributed by atoms with Gasteiger partial charge in [0.15, 0.2) is 6.07 Å². The summed E-state index contributed by atoms with van der Waals surface area (Å²) in [5.74, 6) is -1.57. The Balaban J connectivity index is 3.40. The van der Waals surface area contributed by atoms with Crippen LogP contribution in [0.3, 0.4) is 0 Å². The number of rotatable bonds is 3. The van der Waals surface area contributed by atoms with E-state index in [2.05, 4.69) is 0 Å². The van der Waals surface area contributed by atoms with Gasteiger partial charge in [-0.3, -0.25) is 14.9 Å². The molecule has 0 radical (unpaired) electrons. The van der Waals surface area contributed by atoms with Gasteiger partial charge in [-0.15, -0.1) is 0 Å². The molecule has 19 heavy (non-hydrogen) atoms. The number of hydrogen-bond acceptors (Lipinski definition) is 4. The zero-order valence-electron chi connectivity index (χ0n) is 9.14. The molecule has 6 nitrogen and oxygen atoms in total. The van der Waals surface area contributed by atoms with Crippen molar-refractivity contribution in [2.45, 2.75) is 11.7 Å². The molecule has 0 heterocycles. The van der Waals surface area contributed by atoms with E-state index in [0.29, 0.717) is 24.3 Å². The number of nitrogens with two attached hydrogens (primary N) is 1. The number of hydrogen-bond donors (Lipinski definition) is 1. The van der Waals surface area contributed by atoms with Crippen LogP contribution >= 0.6 is 0 Å². The Morgan fingerprint density at radius 3 is 1.95 bits per heavy atom. The summed E-state index contributed by atoms with van der Waals surface area (Å²) in [6.45, 7) is 0. The van der Waals surface area contributed by atoms with E-state index in [0.717, 1.165) is 6.07 Å². The number of nitriles is 1. The van der Waals surface area contributed by atoms with E-state index in [1.54, 1.807) is 0 Å². The van der Waals surface area contributed by atoms with Crippen LogP contribution in [0.25, 0.3) is 0 Å². The third-order valence-electron chi connectivity index (χ3n) is 2.42. The predicted molar refractivity (Wildman–Crippen MR) is 54.9 cm³/mol. The monoisotopic (exact) mass is 273 g/mol. The van der Waals surface area contributed by atoms with Gasteiger partial charge < -0.3 is 5.73 Å². The highest BCUT2D eigenvalue weighted by molar-refractivity contribution is 5.87. The molecule has 1 atom stereocenters. The van der Waals surface area contributed by atoms with E-state index in [9.17, 15) is 28.1 Å². The standard InChI is InChI=1S/C10H6F3N3O3/c11-10(12,13)7-3-1-6(2-4-7)9(5-14,8(15)17)16(18)19/h1-4H,(H2,15,17). The van der Waals surface area contributed by atoms with Gasteiger partial charge in [-0.25, -0.2) is 0 Å². The number of nitrogens with zero attached hydrogens (tertiary/aromatic N) is 2. The van der Waals surface area contributed by atoms with Gasteiger partial charge in [0.2, 0.25) is 0 Å². The second kappa shape index (κ2) is 4.56. The maximum absolute atomic E-state index is 12.3. The third-order valence-corrected chi connectivity index (χ3v) is 2.42. The zero-order chi connectivity index (χ0) is 14.8. The fraction of sp³-hybridized carbons (Fsp3) is 0.200. The smallest absolute Gasteiger partial charge is 0.362 e. The molecule has 0 fully saturated rings. The second-order valence-corrected chi connectivity index (χ2v) is 3.52. The van der Waals surface area contributed by atoms with Crippen molar-refractivity contribution in [1.82, 2.24) is 0 Å². The van der Waals surface area contributed by atoms with Gasteiger partial charge in [-0.2, -0.15) is 18.4 Å². The minimum Gasteiger partial charge on any atom is -0.362 e. The Kier molecular flexibility index (Phi) is 3.47. The van der Waals surface area contributed by atoms with Gasteiger partial charge in [0.05, 0.1) is 16.1 Å². The summed E-state index contributed by atoms with van der Waals surface area (Å²) in [5, 5.41) is 19.6. The van der Waals surface area contributed by atoms with E-state index in [4.69, 9.17) is 11.0 Å². The van der Waals surface area contributed by atoms with Gasteiger partial charge in [0.1, 0.15) is 0 Å². The van der Waals surface area contributed by atoms with Crippen molar-refractivity contribution in [3.8, 4) is 6.07 Å². The summed E-state index contributed by atoms with van der Waals surface area (Å²) in [6, 6.07) is 3.57. The zero-order valence-corrected chi connectivity index (χ0v) is 9.14. The van der Waals surface area contributed by atoms with Crippen LogP contribution in [0.4, 0.5) is 13.2 Å². The molecular weight excluding hydrogens is 267 g/mol. The Morgan fingerprint density at radius 2 is 1.68 bits per heavy atom. The van der Waals surface area contributed by atoms with Crippen molar-refractivity contribution < 1.29 is 22.9 Å². The van der Waals surface area contributed by atoms with Gasteiger partial charge in [-0.1, -0.05) is 0 Å². The lowest BCUT2D eigenvalue weighted by atomic mass is 9.90. The van der Waals surface area contributed by atoms with E-state index in [-0.39, 0.29) is 0 Å². The topological polar surface area (TPSA) is 110 Å². The summed E-state index contributed by atoms with van der Waals surface area (Å²) in [7, 11) is 0. The van der Waals surface area contributed by atoms with E-state index >= 15 is 0 Å². The molecule has 0 aliphatic rings. The van der Waals surface area contributed by atoms with E-state index < -0.39 is 33.7 Å². The third kappa shape index (κ3) is 2.33. The lowest BCUT2D eigenvalue weighted by Gasteiger charge is -2.15. The van der Waals surface area contributed by atoms with Gasteiger partial charge in [-0.05, 0) is 24.3 Å². The van der Waals surface area contributed by atoms with Crippen LogP contribution in [0, 0.1) is 21.4 Å². The first-order valence-corrected chi connectivity index (χ1v) is 4.69. The molecule has 1 amide bonds. The van der Waals surface area contributed by atoms with E-state index in [1.165, 1.54) is 0 Å². The first kappa shape index (κ1) is 14.4. The second-order valence-electron chi connectivity index (χ2n) is 3.52. The Hall–Kier alpha value is -2.63. The molecule has 0 aliphatic carbocycles. The lowest BCUT2D eigenvalue weighted by molar-refractivity contribution is -0.543.